The third kappa shape index (κ3) is 3.58. The Morgan fingerprint density at radius 1 is 1.31 bits per heavy atom. The van der Waals surface area contributed by atoms with Crippen LogP contribution in [0.1, 0.15) is 26.2 Å². The van der Waals surface area contributed by atoms with Crippen LogP contribution in [-0.2, 0) is 28.5 Å². The van der Waals surface area contributed by atoms with Crippen LogP contribution in [0, 0.1) is 11.8 Å². The summed E-state index contributed by atoms with van der Waals surface area (Å²) in [6.45, 7) is 1.95. The second kappa shape index (κ2) is 7.55. The first kappa shape index (κ1) is 20.1. The Hall–Kier alpha value is -2.22. The van der Waals surface area contributed by atoms with Gasteiger partial charge < -0.3 is 24.1 Å². The number of carboxylic acids is 1. The molecule has 2 heterocycles. The van der Waals surface area contributed by atoms with Gasteiger partial charge in [0.1, 0.15) is 24.1 Å². The molecule has 4 rings (SSSR count). The lowest BCUT2D eigenvalue weighted by atomic mass is 9.70. The van der Waals surface area contributed by atoms with Crippen LogP contribution in [0.4, 0.5) is 0 Å². The average molecular weight is 402 g/mol. The summed E-state index contributed by atoms with van der Waals surface area (Å²) >= 11 is 0. The summed E-state index contributed by atoms with van der Waals surface area (Å²) in [7, 11) is 3.16. The molecule has 2 saturated heterocycles. The minimum Gasteiger partial charge on any atom is -0.497 e. The standard InChI is InChI=1S/C22H26O7/c1-12(10-14(26-2)6-7-17(24)25)9-13-5-4-8-22(27-3)18(13)15-11-16(23)20-21(28-20)19(15)29-22/h6-7,9-11,13,18-21H,4-5,8H2,1-3H3,(H,24,25)/b7-6+,12-9+,14-10-. The lowest BCUT2D eigenvalue weighted by Gasteiger charge is -2.41. The zero-order valence-corrected chi connectivity index (χ0v) is 16.8. The maximum absolute atomic E-state index is 12.3. The van der Waals surface area contributed by atoms with Crippen LogP contribution < -0.4 is 0 Å². The fourth-order valence-electron chi connectivity index (χ4n) is 4.98. The van der Waals surface area contributed by atoms with Gasteiger partial charge in [0, 0.05) is 25.5 Å². The van der Waals surface area contributed by atoms with Crippen molar-refractivity contribution in [2.75, 3.05) is 14.2 Å². The molecule has 0 spiro atoms. The Bertz CT molecular complexity index is 836. The molecule has 1 N–H and O–H groups in total. The molecule has 0 amide bonds. The molecule has 6 unspecified atom stereocenters. The van der Waals surface area contributed by atoms with Crippen molar-refractivity contribution >= 4 is 11.8 Å². The summed E-state index contributed by atoms with van der Waals surface area (Å²) < 4.78 is 23.1. The van der Waals surface area contributed by atoms with E-state index < -0.39 is 11.8 Å². The van der Waals surface area contributed by atoms with Crippen molar-refractivity contribution in [1.29, 1.82) is 0 Å². The lowest BCUT2D eigenvalue weighted by molar-refractivity contribution is -0.250. The summed E-state index contributed by atoms with van der Waals surface area (Å²) in [6.07, 6.45) is 10.0. The quantitative estimate of drug-likeness (QED) is 0.316. The maximum Gasteiger partial charge on any atom is 0.328 e. The first-order valence-electron chi connectivity index (χ1n) is 9.87. The lowest BCUT2D eigenvalue weighted by Crippen LogP contribution is -2.44. The summed E-state index contributed by atoms with van der Waals surface area (Å²) in [5.41, 5.74) is 1.92. The highest BCUT2D eigenvalue weighted by atomic mass is 16.7. The monoisotopic (exact) mass is 402 g/mol. The second-order valence-electron chi connectivity index (χ2n) is 7.99. The van der Waals surface area contributed by atoms with E-state index in [1.165, 1.54) is 13.2 Å². The molecule has 0 aromatic carbocycles. The van der Waals surface area contributed by atoms with Crippen molar-refractivity contribution in [3.8, 4) is 0 Å². The van der Waals surface area contributed by atoms with E-state index in [1.54, 1.807) is 19.3 Å². The Morgan fingerprint density at radius 2 is 2.10 bits per heavy atom. The normalized spacial score (nSPS) is 38.9. The predicted octanol–water partition coefficient (Wildman–Crippen LogP) is 2.54. The Balaban J connectivity index is 1.64. The molecule has 156 valence electrons. The molecule has 0 radical (unpaired) electrons. The summed E-state index contributed by atoms with van der Waals surface area (Å²) in [4.78, 5) is 23.0. The van der Waals surface area contributed by atoms with E-state index in [9.17, 15) is 9.59 Å². The number of methoxy groups -OCH3 is 2. The van der Waals surface area contributed by atoms with E-state index >= 15 is 0 Å². The number of rotatable bonds is 6. The maximum atomic E-state index is 12.3. The molecule has 2 aliphatic heterocycles. The first-order chi connectivity index (χ1) is 13.9. The number of allylic oxidation sites excluding steroid dienone is 4. The van der Waals surface area contributed by atoms with Gasteiger partial charge in [-0.3, -0.25) is 4.79 Å². The molecule has 3 fully saturated rings. The second-order valence-corrected chi connectivity index (χ2v) is 7.99. The van der Waals surface area contributed by atoms with Crippen molar-refractivity contribution in [2.24, 2.45) is 11.8 Å². The fraction of sp³-hybridized carbons (Fsp3) is 0.545. The smallest absolute Gasteiger partial charge is 0.328 e. The highest BCUT2D eigenvalue weighted by Gasteiger charge is 2.65. The highest BCUT2D eigenvalue weighted by Crippen LogP contribution is 2.57. The number of aliphatic carboxylic acids is 1. The molecular weight excluding hydrogens is 376 g/mol. The van der Waals surface area contributed by atoms with Crippen LogP contribution in [0.15, 0.2) is 47.3 Å². The van der Waals surface area contributed by atoms with Gasteiger partial charge in [-0.05, 0) is 49.5 Å². The van der Waals surface area contributed by atoms with Gasteiger partial charge in [-0.25, -0.2) is 4.79 Å². The minimum absolute atomic E-state index is 0.0159. The fourth-order valence-corrected chi connectivity index (χ4v) is 4.98. The number of epoxide rings is 1. The third-order valence-corrected chi connectivity index (χ3v) is 6.21. The van der Waals surface area contributed by atoms with Gasteiger partial charge in [0.05, 0.1) is 7.11 Å². The van der Waals surface area contributed by atoms with E-state index in [-0.39, 0.29) is 35.9 Å². The number of fused-ring (bicyclic) bond motifs is 5. The Labute approximate surface area is 169 Å². The van der Waals surface area contributed by atoms with Gasteiger partial charge in [-0.15, -0.1) is 0 Å². The highest BCUT2D eigenvalue weighted by molar-refractivity contribution is 5.98. The number of ketones is 1. The SMILES string of the molecule is COC(=C\C(C)=C\C1CCCC2(OC)OC3C(=CC(=O)C4OC43)C12)/C=C/C(=O)O. The Kier molecular flexibility index (Phi) is 5.23. The van der Waals surface area contributed by atoms with Gasteiger partial charge in [0.2, 0.25) is 0 Å². The molecule has 6 atom stereocenters. The van der Waals surface area contributed by atoms with Crippen LogP contribution in [-0.4, -0.2) is 55.2 Å². The molecule has 0 bridgehead atoms. The van der Waals surface area contributed by atoms with Gasteiger partial charge in [0.25, 0.3) is 0 Å². The van der Waals surface area contributed by atoms with E-state index in [1.807, 2.05) is 6.92 Å². The zero-order chi connectivity index (χ0) is 20.8. The Morgan fingerprint density at radius 3 is 2.79 bits per heavy atom. The van der Waals surface area contributed by atoms with Crippen LogP contribution >= 0.6 is 0 Å². The first-order valence-corrected chi connectivity index (χ1v) is 9.87. The van der Waals surface area contributed by atoms with E-state index in [4.69, 9.17) is 24.1 Å². The number of carbonyl (C=O) groups is 2. The predicted molar refractivity (Wildman–Crippen MR) is 103 cm³/mol. The van der Waals surface area contributed by atoms with Gasteiger partial charge in [-0.1, -0.05) is 11.6 Å². The van der Waals surface area contributed by atoms with Crippen molar-refractivity contribution < 1.29 is 33.6 Å². The van der Waals surface area contributed by atoms with Crippen molar-refractivity contribution in [3.63, 3.8) is 0 Å². The number of ether oxygens (including phenoxy) is 4. The largest absolute Gasteiger partial charge is 0.497 e. The number of carboxylic acid groups (broad SMARTS) is 1. The third-order valence-electron chi connectivity index (χ3n) is 6.21. The summed E-state index contributed by atoms with van der Waals surface area (Å²) in [6, 6.07) is 0. The molecule has 4 aliphatic rings. The molecule has 7 nitrogen and oxygen atoms in total. The number of carbonyl (C=O) groups excluding carboxylic acids is 1. The molecule has 7 heteroatoms. The molecule has 2 aliphatic carbocycles. The minimum atomic E-state index is -1.03. The van der Waals surface area contributed by atoms with E-state index in [0.29, 0.717) is 5.76 Å². The zero-order valence-electron chi connectivity index (χ0n) is 16.8. The van der Waals surface area contributed by atoms with Crippen LogP contribution in [0.2, 0.25) is 0 Å². The van der Waals surface area contributed by atoms with Crippen LogP contribution in [0.3, 0.4) is 0 Å². The van der Waals surface area contributed by atoms with Crippen molar-refractivity contribution in [1.82, 2.24) is 0 Å². The molecular formula is C22H26O7. The van der Waals surface area contributed by atoms with Crippen molar-refractivity contribution in [3.05, 3.63) is 47.3 Å². The van der Waals surface area contributed by atoms with E-state index in [0.717, 1.165) is 36.5 Å². The van der Waals surface area contributed by atoms with Crippen molar-refractivity contribution in [2.45, 2.75) is 50.3 Å². The average Bonchev–Trinajstić information content (AvgIpc) is 3.43. The molecule has 0 aromatic heterocycles. The molecule has 29 heavy (non-hydrogen) atoms. The van der Waals surface area contributed by atoms with Crippen LogP contribution in [0.5, 0.6) is 0 Å². The summed E-state index contributed by atoms with van der Waals surface area (Å²) in [5, 5.41) is 8.81. The van der Waals surface area contributed by atoms with Gasteiger partial charge >= 0.3 is 5.97 Å². The topological polar surface area (TPSA) is 94.6 Å². The number of hydrogen-bond acceptors (Lipinski definition) is 6. The number of hydrogen-bond donors (Lipinski definition) is 1. The molecule has 0 aromatic rings. The van der Waals surface area contributed by atoms with Gasteiger partial charge in [0.15, 0.2) is 11.6 Å². The molecule has 1 saturated carbocycles. The summed E-state index contributed by atoms with van der Waals surface area (Å²) in [5.74, 6) is -1.23. The van der Waals surface area contributed by atoms with Gasteiger partial charge in [-0.2, -0.15) is 0 Å². The van der Waals surface area contributed by atoms with Crippen LogP contribution in [0.25, 0.3) is 0 Å². The van der Waals surface area contributed by atoms with E-state index in [2.05, 4.69) is 6.08 Å².